The molecule has 5 rings (SSSR count). The van der Waals surface area contributed by atoms with Crippen LogP contribution in [0, 0.1) is 27.7 Å². The van der Waals surface area contributed by atoms with Crippen LogP contribution in [0.3, 0.4) is 0 Å². The normalized spacial score (nSPS) is 11.2. The van der Waals surface area contributed by atoms with Gasteiger partial charge in [0.15, 0.2) is 5.65 Å². The molecule has 9 nitrogen and oxygen atoms in total. The van der Waals surface area contributed by atoms with Crippen LogP contribution in [0.4, 0.5) is 5.82 Å². The number of aromatic nitrogens is 6. The molecule has 2 N–H and O–H groups in total. The monoisotopic (exact) mass is 467 g/mol. The minimum atomic E-state index is -0.341. The van der Waals surface area contributed by atoms with Gasteiger partial charge in [0.25, 0.3) is 5.56 Å². The van der Waals surface area contributed by atoms with E-state index in [4.69, 9.17) is 0 Å². The molecule has 1 amide bonds. The lowest BCUT2D eigenvalue weighted by Gasteiger charge is -2.11. The van der Waals surface area contributed by atoms with E-state index in [1.165, 1.54) is 10.9 Å². The average molecular weight is 468 g/mol. The quantitative estimate of drug-likeness (QED) is 0.409. The van der Waals surface area contributed by atoms with Crippen LogP contribution in [-0.4, -0.2) is 35.4 Å². The van der Waals surface area contributed by atoms with E-state index in [0.717, 1.165) is 27.9 Å². The first-order chi connectivity index (χ1) is 16.8. The summed E-state index contributed by atoms with van der Waals surface area (Å²) in [5.41, 5.74) is 5.73. The van der Waals surface area contributed by atoms with Gasteiger partial charge in [-0.1, -0.05) is 42.0 Å². The number of amides is 1. The van der Waals surface area contributed by atoms with E-state index in [1.807, 2.05) is 70.2 Å². The van der Waals surface area contributed by atoms with Crippen LogP contribution in [0.5, 0.6) is 0 Å². The van der Waals surface area contributed by atoms with Crippen LogP contribution >= 0.6 is 0 Å². The smallest absolute Gasteiger partial charge is 0.263 e. The zero-order valence-corrected chi connectivity index (χ0v) is 20.0. The number of aromatic amines is 1. The van der Waals surface area contributed by atoms with E-state index in [-0.39, 0.29) is 23.8 Å². The van der Waals surface area contributed by atoms with Gasteiger partial charge >= 0.3 is 0 Å². The van der Waals surface area contributed by atoms with Gasteiger partial charge in [-0.25, -0.2) is 4.68 Å². The minimum absolute atomic E-state index is 0.188. The second-order valence-electron chi connectivity index (χ2n) is 8.70. The highest BCUT2D eigenvalue weighted by molar-refractivity contribution is 5.91. The van der Waals surface area contributed by atoms with Crippen molar-refractivity contribution in [1.82, 2.24) is 29.5 Å². The summed E-state index contributed by atoms with van der Waals surface area (Å²) >= 11 is 0. The molecule has 0 saturated carbocycles. The van der Waals surface area contributed by atoms with Gasteiger partial charge in [0.05, 0.1) is 24.0 Å². The van der Waals surface area contributed by atoms with Crippen molar-refractivity contribution in [2.75, 3.05) is 5.32 Å². The van der Waals surface area contributed by atoms with Gasteiger partial charge in [0.2, 0.25) is 11.9 Å². The van der Waals surface area contributed by atoms with Gasteiger partial charge in [-0.3, -0.25) is 14.6 Å². The average Bonchev–Trinajstić information content (AvgIpc) is 3.39. The Morgan fingerprint density at radius 2 is 1.83 bits per heavy atom. The van der Waals surface area contributed by atoms with Crippen molar-refractivity contribution in [2.24, 2.45) is 0 Å². The number of hydrogen-bond acceptors (Lipinski definition) is 5. The summed E-state index contributed by atoms with van der Waals surface area (Å²) in [6.45, 7) is 7.82. The van der Waals surface area contributed by atoms with E-state index < -0.39 is 0 Å². The van der Waals surface area contributed by atoms with Gasteiger partial charge in [-0.15, -0.1) is 0 Å². The molecular weight excluding hydrogens is 442 g/mol. The highest BCUT2D eigenvalue weighted by atomic mass is 16.1. The molecule has 5 aromatic rings. The Morgan fingerprint density at radius 1 is 1.03 bits per heavy atom. The number of anilines is 1. The Hall–Kier alpha value is -4.53. The summed E-state index contributed by atoms with van der Waals surface area (Å²) in [5, 5.41) is 12.2. The highest BCUT2D eigenvalue weighted by Crippen LogP contribution is 2.21. The maximum Gasteiger partial charge on any atom is 0.263 e. The lowest BCUT2D eigenvalue weighted by Crippen LogP contribution is -2.20. The molecule has 0 aliphatic rings. The first-order valence-corrected chi connectivity index (χ1v) is 11.3. The maximum absolute atomic E-state index is 12.9. The van der Waals surface area contributed by atoms with E-state index in [2.05, 4.69) is 25.5 Å². The molecule has 0 radical (unpaired) electrons. The van der Waals surface area contributed by atoms with Crippen LogP contribution in [0.25, 0.3) is 22.7 Å². The Bertz CT molecular complexity index is 1640. The lowest BCUT2D eigenvalue weighted by atomic mass is 10.1. The molecule has 3 heterocycles. The van der Waals surface area contributed by atoms with Crippen molar-refractivity contribution < 1.29 is 4.79 Å². The predicted octanol–water partition coefficient (Wildman–Crippen LogP) is 3.71. The summed E-state index contributed by atoms with van der Waals surface area (Å²) in [6, 6.07) is 15.4. The fraction of sp³-hybridized carbons (Fsp3) is 0.192. The second kappa shape index (κ2) is 8.68. The third kappa shape index (κ3) is 4.23. The SMILES string of the molecule is Cc1cccc(CC(=O)Nc2cc(C)nn2-c2nc3c(cnn3-c3cccc(C)c3C)c(=O)[nH]2)c1. The number of hydrogen-bond donors (Lipinski definition) is 2. The molecule has 0 fully saturated rings. The van der Waals surface area contributed by atoms with Crippen LogP contribution < -0.4 is 10.9 Å². The van der Waals surface area contributed by atoms with Crippen LogP contribution in [0.15, 0.2) is 59.5 Å². The summed E-state index contributed by atoms with van der Waals surface area (Å²) in [6.07, 6.45) is 1.72. The Labute approximate surface area is 201 Å². The van der Waals surface area contributed by atoms with Gasteiger partial charge in [0, 0.05) is 6.07 Å². The molecule has 0 unspecified atom stereocenters. The number of benzene rings is 2. The number of nitrogens with zero attached hydrogens (tertiary/aromatic N) is 5. The predicted molar refractivity (Wildman–Crippen MR) is 134 cm³/mol. The summed E-state index contributed by atoms with van der Waals surface area (Å²) in [4.78, 5) is 33.1. The zero-order chi connectivity index (χ0) is 24.7. The molecule has 35 heavy (non-hydrogen) atoms. The number of nitrogens with one attached hydrogen (secondary N) is 2. The summed E-state index contributed by atoms with van der Waals surface area (Å²) < 4.78 is 3.09. The Morgan fingerprint density at radius 3 is 2.63 bits per heavy atom. The molecule has 0 aliphatic heterocycles. The maximum atomic E-state index is 12.9. The van der Waals surface area contributed by atoms with Crippen molar-refractivity contribution in [3.05, 3.63) is 93.0 Å². The molecule has 0 bridgehead atoms. The Kier molecular flexibility index (Phi) is 5.52. The van der Waals surface area contributed by atoms with E-state index >= 15 is 0 Å². The number of carbonyl (C=O) groups excluding carboxylic acids is 1. The van der Waals surface area contributed by atoms with Gasteiger partial charge in [-0.2, -0.15) is 19.9 Å². The number of fused-ring (bicyclic) bond motifs is 1. The molecule has 9 heteroatoms. The van der Waals surface area contributed by atoms with Crippen molar-refractivity contribution >= 4 is 22.8 Å². The molecule has 0 atom stereocenters. The number of carbonyl (C=O) groups is 1. The number of aryl methyl sites for hydroxylation is 3. The van der Waals surface area contributed by atoms with Gasteiger partial charge < -0.3 is 5.32 Å². The van der Waals surface area contributed by atoms with Crippen molar-refractivity contribution in [2.45, 2.75) is 34.1 Å². The standard InChI is InChI=1S/C26H25N7O2/c1-15-7-5-9-19(11-15)13-23(34)28-22-12-17(3)31-33(22)26-29-24-20(25(35)30-26)14-27-32(24)21-10-6-8-16(2)18(21)4/h5-12,14H,13H2,1-4H3,(H,28,34)(H,29,30,35). The highest BCUT2D eigenvalue weighted by Gasteiger charge is 2.18. The first kappa shape index (κ1) is 22.3. The fourth-order valence-electron chi connectivity index (χ4n) is 4.09. The third-order valence-corrected chi connectivity index (χ3v) is 5.98. The molecule has 0 spiro atoms. The van der Waals surface area contributed by atoms with Crippen molar-refractivity contribution in [3.63, 3.8) is 0 Å². The molecule has 176 valence electrons. The van der Waals surface area contributed by atoms with E-state index in [0.29, 0.717) is 22.5 Å². The summed E-state index contributed by atoms with van der Waals surface area (Å²) in [7, 11) is 0. The molecule has 0 aliphatic carbocycles. The van der Waals surface area contributed by atoms with Gasteiger partial charge in [0.1, 0.15) is 11.2 Å². The van der Waals surface area contributed by atoms with Crippen LogP contribution in [0.2, 0.25) is 0 Å². The number of H-pyrrole nitrogens is 1. The lowest BCUT2D eigenvalue weighted by molar-refractivity contribution is -0.115. The van der Waals surface area contributed by atoms with Crippen molar-refractivity contribution in [3.8, 4) is 11.6 Å². The first-order valence-electron chi connectivity index (χ1n) is 11.3. The minimum Gasteiger partial charge on any atom is -0.310 e. The zero-order valence-electron chi connectivity index (χ0n) is 20.0. The van der Waals surface area contributed by atoms with E-state index in [9.17, 15) is 9.59 Å². The van der Waals surface area contributed by atoms with Crippen LogP contribution in [-0.2, 0) is 11.2 Å². The molecule has 3 aromatic heterocycles. The summed E-state index contributed by atoms with van der Waals surface area (Å²) in [5.74, 6) is 0.412. The largest absolute Gasteiger partial charge is 0.310 e. The molecule has 0 saturated heterocycles. The van der Waals surface area contributed by atoms with Gasteiger partial charge in [-0.05, 0) is 50.5 Å². The molecular formula is C26H25N7O2. The third-order valence-electron chi connectivity index (χ3n) is 5.98. The second-order valence-corrected chi connectivity index (χ2v) is 8.70. The topological polar surface area (TPSA) is 110 Å². The van der Waals surface area contributed by atoms with Crippen LogP contribution in [0.1, 0.15) is 27.9 Å². The fourth-order valence-corrected chi connectivity index (χ4v) is 4.09. The van der Waals surface area contributed by atoms with E-state index in [1.54, 1.807) is 10.7 Å². The Balaban J connectivity index is 1.54. The molecule has 2 aromatic carbocycles. The van der Waals surface area contributed by atoms with Crippen molar-refractivity contribution in [1.29, 1.82) is 0 Å². The number of rotatable bonds is 5.